The Hall–Kier alpha value is -2.10. The van der Waals surface area contributed by atoms with Crippen molar-refractivity contribution in [2.75, 3.05) is 6.54 Å². The SMILES string of the molecule is CC(C)c1nccn1C(C)C(=O)NCCCc1ccccc1. The molecule has 0 spiro atoms. The molecular weight excluding hydrogens is 274 g/mol. The van der Waals surface area contributed by atoms with Gasteiger partial charge < -0.3 is 9.88 Å². The van der Waals surface area contributed by atoms with Crippen LogP contribution in [0.5, 0.6) is 0 Å². The second-order valence-corrected chi connectivity index (χ2v) is 5.90. The van der Waals surface area contributed by atoms with Crippen LogP contribution in [0.2, 0.25) is 0 Å². The Morgan fingerprint density at radius 1 is 1.23 bits per heavy atom. The third-order valence-corrected chi connectivity index (χ3v) is 3.80. The van der Waals surface area contributed by atoms with Crippen LogP contribution in [0.25, 0.3) is 0 Å². The van der Waals surface area contributed by atoms with Gasteiger partial charge in [0.1, 0.15) is 11.9 Å². The van der Waals surface area contributed by atoms with Gasteiger partial charge in [0.2, 0.25) is 5.91 Å². The second-order valence-electron chi connectivity index (χ2n) is 5.90. The second kappa shape index (κ2) is 7.78. The zero-order valence-electron chi connectivity index (χ0n) is 13.6. The molecule has 0 aliphatic heterocycles. The number of nitrogens with zero attached hydrogens (tertiary/aromatic N) is 2. The minimum atomic E-state index is -0.225. The maximum Gasteiger partial charge on any atom is 0.242 e. The van der Waals surface area contributed by atoms with Crippen LogP contribution in [0.4, 0.5) is 0 Å². The fraction of sp³-hybridized carbons (Fsp3) is 0.444. The first-order valence-electron chi connectivity index (χ1n) is 7.94. The Labute approximate surface area is 132 Å². The van der Waals surface area contributed by atoms with E-state index in [1.54, 1.807) is 6.20 Å². The molecule has 1 aromatic carbocycles. The van der Waals surface area contributed by atoms with Crippen molar-refractivity contribution in [3.8, 4) is 0 Å². The molecular formula is C18H25N3O. The third-order valence-electron chi connectivity index (χ3n) is 3.80. The van der Waals surface area contributed by atoms with Crippen LogP contribution < -0.4 is 5.32 Å². The predicted molar refractivity (Wildman–Crippen MR) is 88.8 cm³/mol. The van der Waals surface area contributed by atoms with E-state index in [-0.39, 0.29) is 11.9 Å². The molecule has 2 aromatic rings. The number of benzene rings is 1. The van der Waals surface area contributed by atoms with Crippen LogP contribution in [-0.2, 0) is 11.2 Å². The van der Waals surface area contributed by atoms with Crippen molar-refractivity contribution in [3.05, 3.63) is 54.1 Å². The van der Waals surface area contributed by atoms with Crippen molar-refractivity contribution in [2.24, 2.45) is 0 Å². The number of imidazole rings is 1. The molecule has 2 rings (SSSR count). The fourth-order valence-corrected chi connectivity index (χ4v) is 2.52. The fourth-order valence-electron chi connectivity index (χ4n) is 2.52. The smallest absolute Gasteiger partial charge is 0.242 e. The van der Waals surface area contributed by atoms with Crippen LogP contribution in [0.15, 0.2) is 42.7 Å². The minimum Gasteiger partial charge on any atom is -0.354 e. The van der Waals surface area contributed by atoms with Crippen LogP contribution in [0, 0.1) is 0 Å². The van der Waals surface area contributed by atoms with Gasteiger partial charge >= 0.3 is 0 Å². The molecule has 0 aliphatic rings. The predicted octanol–water partition coefficient (Wildman–Crippen LogP) is 3.32. The molecule has 1 amide bonds. The van der Waals surface area contributed by atoms with Crippen LogP contribution in [0.3, 0.4) is 0 Å². The average molecular weight is 299 g/mol. The van der Waals surface area contributed by atoms with Crippen LogP contribution in [0.1, 0.15) is 50.5 Å². The van der Waals surface area contributed by atoms with Crippen molar-refractivity contribution in [3.63, 3.8) is 0 Å². The molecule has 22 heavy (non-hydrogen) atoms. The lowest BCUT2D eigenvalue weighted by atomic mass is 10.1. The van der Waals surface area contributed by atoms with E-state index in [4.69, 9.17) is 0 Å². The first-order chi connectivity index (χ1) is 10.6. The zero-order valence-corrected chi connectivity index (χ0v) is 13.6. The Kier molecular flexibility index (Phi) is 5.75. The van der Waals surface area contributed by atoms with E-state index in [1.165, 1.54) is 5.56 Å². The number of hydrogen-bond donors (Lipinski definition) is 1. The quantitative estimate of drug-likeness (QED) is 0.797. The summed E-state index contributed by atoms with van der Waals surface area (Å²) in [5.41, 5.74) is 1.31. The molecule has 1 atom stereocenters. The number of carbonyl (C=O) groups excluding carboxylic acids is 1. The summed E-state index contributed by atoms with van der Waals surface area (Å²) in [6.45, 7) is 6.79. The lowest BCUT2D eigenvalue weighted by Gasteiger charge is -2.17. The summed E-state index contributed by atoms with van der Waals surface area (Å²) in [7, 11) is 0. The first kappa shape index (κ1) is 16.3. The van der Waals surface area contributed by atoms with Crippen molar-refractivity contribution >= 4 is 5.91 Å². The number of amides is 1. The monoisotopic (exact) mass is 299 g/mol. The number of hydrogen-bond acceptors (Lipinski definition) is 2. The van der Waals surface area contributed by atoms with E-state index < -0.39 is 0 Å². The highest BCUT2D eigenvalue weighted by atomic mass is 16.2. The molecule has 1 heterocycles. The lowest BCUT2D eigenvalue weighted by molar-refractivity contribution is -0.123. The van der Waals surface area contributed by atoms with Gasteiger partial charge in [0.25, 0.3) is 0 Å². The molecule has 0 fully saturated rings. The summed E-state index contributed by atoms with van der Waals surface area (Å²) >= 11 is 0. The maximum atomic E-state index is 12.3. The summed E-state index contributed by atoms with van der Waals surface area (Å²) in [6, 6.07) is 10.1. The molecule has 0 saturated carbocycles. The van der Waals surface area contributed by atoms with Gasteiger partial charge in [-0.1, -0.05) is 44.2 Å². The molecule has 118 valence electrons. The van der Waals surface area contributed by atoms with Gasteiger partial charge in [-0.15, -0.1) is 0 Å². The number of rotatable bonds is 7. The number of aromatic nitrogens is 2. The molecule has 4 heteroatoms. The summed E-state index contributed by atoms with van der Waals surface area (Å²) in [6.07, 6.45) is 5.57. The van der Waals surface area contributed by atoms with Crippen molar-refractivity contribution in [1.29, 1.82) is 0 Å². The highest BCUT2D eigenvalue weighted by Crippen LogP contribution is 2.17. The lowest BCUT2D eigenvalue weighted by Crippen LogP contribution is -2.32. The van der Waals surface area contributed by atoms with E-state index in [0.717, 1.165) is 18.7 Å². The van der Waals surface area contributed by atoms with Crippen LogP contribution in [-0.4, -0.2) is 22.0 Å². The van der Waals surface area contributed by atoms with Gasteiger partial charge in [-0.2, -0.15) is 0 Å². The van der Waals surface area contributed by atoms with E-state index in [2.05, 4.69) is 36.3 Å². The van der Waals surface area contributed by atoms with E-state index >= 15 is 0 Å². The highest BCUT2D eigenvalue weighted by molar-refractivity contribution is 5.79. The third kappa shape index (κ3) is 4.20. The summed E-state index contributed by atoms with van der Waals surface area (Å²) < 4.78 is 1.96. The molecule has 0 saturated heterocycles. The van der Waals surface area contributed by atoms with E-state index in [1.807, 2.05) is 35.9 Å². The van der Waals surface area contributed by atoms with Gasteiger partial charge in [-0.05, 0) is 25.3 Å². The molecule has 1 N–H and O–H groups in total. The molecule has 1 unspecified atom stereocenters. The summed E-state index contributed by atoms with van der Waals surface area (Å²) in [5.74, 6) is 1.31. The van der Waals surface area contributed by atoms with Crippen molar-refractivity contribution < 1.29 is 4.79 Å². The molecule has 0 radical (unpaired) electrons. The van der Waals surface area contributed by atoms with Gasteiger partial charge in [-0.3, -0.25) is 4.79 Å². The summed E-state index contributed by atoms with van der Waals surface area (Å²) in [5, 5.41) is 3.02. The molecule has 4 nitrogen and oxygen atoms in total. The Bertz CT molecular complexity index is 589. The molecule has 0 aliphatic carbocycles. The van der Waals surface area contributed by atoms with Gasteiger partial charge in [0, 0.05) is 24.9 Å². The van der Waals surface area contributed by atoms with Crippen LogP contribution >= 0.6 is 0 Å². The Balaban J connectivity index is 1.80. The van der Waals surface area contributed by atoms with E-state index in [0.29, 0.717) is 12.5 Å². The standard InChI is InChI=1S/C18H25N3O/c1-14(2)17-19-12-13-21(17)15(3)18(22)20-11-7-10-16-8-5-4-6-9-16/h4-6,8-9,12-15H,7,10-11H2,1-3H3,(H,20,22). The van der Waals surface area contributed by atoms with Gasteiger partial charge in [0.15, 0.2) is 0 Å². The zero-order chi connectivity index (χ0) is 15.9. The molecule has 1 aromatic heterocycles. The first-order valence-corrected chi connectivity index (χ1v) is 7.94. The Morgan fingerprint density at radius 3 is 2.64 bits per heavy atom. The van der Waals surface area contributed by atoms with Gasteiger partial charge in [0.05, 0.1) is 0 Å². The Morgan fingerprint density at radius 2 is 1.95 bits per heavy atom. The van der Waals surface area contributed by atoms with Crippen molar-refractivity contribution in [2.45, 2.75) is 45.6 Å². The normalized spacial score (nSPS) is 12.4. The topological polar surface area (TPSA) is 46.9 Å². The largest absolute Gasteiger partial charge is 0.354 e. The number of nitrogens with one attached hydrogen (secondary N) is 1. The maximum absolute atomic E-state index is 12.3. The highest BCUT2D eigenvalue weighted by Gasteiger charge is 2.18. The number of aryl methyl sites for hydroxylation is 1. The average Bonchev–Trinajstić information content (AvgIpc) is 3.01. The minimum absolute atomic E-state index is 0.0490. The van der Waals surface area contributed by atoms with Gasteiger partial charge in [-0.25, -0.2) is 4.98 Å². The van der Waals surface area contributed by atoms with Crippen molar-refractivity contribution in [1.82, 2.24) is 14.9 Å². The van der Waals surface area contributed by atoms with E-state index in [9.17, 15) is 4.79 Å². The summed E-state index contributed by atoms with van der Waals surface area (Å²) in [4.78, 5) is 16.6. The molecule has 0 bridgehead atoms. The number of carbonyl (C=O) groups is 1.